The maximum Gasteiger partial charge on any atom is 0.316 e. The van der Waals surface area contributed by atoms with E-state index in [1.165, 1.54) is 11.8 Å². The van der Waals surface area contributed by atoms with E-state index in [4.69, 9.17) is 5.11 Å². The molecule has 0 heterocycles. The lowest BCUT2D eigenvalue weighted by Crippen LogP contribution is -2.14. The third kappa shape index (κ3) is 5.34. The van der Waals surface area contributed by atoms with Crippen LogP contribution in [-0.2, 0) is 9.59 Å². The Labute approximate surface area is 117 Å². The molecule has 1 rings (SSSR count). The second-order valence-electron chi connectivity index (χ2n) is 4.25. The fraction of sp³-hybridized carbons (Fsp3) is 0.429. The largest absolute Gasteiger partial charge is 0.480 e. The van der Waals surface area contributed by atoms with Crippen LogP contribution in [0, 0.1) is 0 Å². The molecule has 1 aromatic carbocycles. The first-order valence-electron chi connectivity index (χ1n) is 6.33. The number of hydrogen-bond donors (Lipinski definition) is 2. The lowest BCUT2D eigenvalue weighted by Gasteiger charge is -2.12. The first-order valence-corrected chi connectivity index (χ1v) is 7.21. The van der Waals surface area contributed by atoms with E-state index in [1.54, 1.807) is 13.0 Å². The molecule has 4 nitrogen and oxygen atoms in total. The van der Waals surface area contributed by atoms with Crippen molar-refractivity contribution in [2.45, 2.75) is 43.3 Å². The zero-order chi connectivity index (χ0) is 14.3. The molecule has 0 aromatic heterocycles. The van der Waals surface area contributed by atoms with Crippen molar-refractivity contribution in [3.8, 4) is 0 Å². The molecule has 104 valence electrons. The number of aliphatic carboxylic acids is 1. The molecule has 0 radical (unpaired) electrons. The van der Waals surface area contributed by atoms with Gasteiger partial charge in [-0.05, 0) is 25.5 Å². The molecular weight excluding hydrogens is 262 g/mol. The van der Waals surface area contributed by atoms with Gasteiger partial charge in [0.1, 0.15) is 5.25 Å². The van der Waals surface area contributed by atoms with Crippen LogP contribution in [0.3, 0.4) is 0 Å². The van der Waals surface area contributed by atoms with Gasteiger partial charge in [-0.15, -0.1) is 11.8 Å². The maximum absolute atomic E-state index is 11.7. The van der Waals surface area contributed by atoms with E-state index in [2.05, 4.69) is 5.32 Å². The molecule has 0 bridgehead atoms. The monoisotopic (exact) mass is 281 g/mol. The Hall–Kier alpha value is -1.49. The summed E-state index contributed by atoms with van der Waals surface area (Å²) in [4.78, 5) is 23.4. The fourth-order valence-electron chi connectivity index (χ4n) is 1.46. The molecule has 0 spiro atoms. The summed E-state index contributed by atoms with van der Waals surface area (Å²) in [6.07, 6.45) is 2.32. The van der Waals surface area contributed by atoms with Crippen LogP contribution in [0.5, 0.6) is 0 Å². The first-order chi connectivity index (χ1) is 9.04. The molecule has 0 unspecified atom stereocenters. The molecule has 0 saturated heterocycles. The van der Waals surface area contributed by atoms with Gasteiger partial charge in [0.05, 0.1) is 5.69 Å². The zero-order valence-corrected chi connectivity index (χ0v) is 12.0. The number of carbonyl (C=O) groups is 2. The van der Waals surface area contributed by atoms with Crippen molar-refractivity contribution in [1.29, 1.82) is 0 Å². The summed E-state index contributed by atoms with van der Waals surface area (Å²) in [5.41, 5.74) is 0.682. The summed E-state index contributed by atoms with van der Waals surface area (Å²) < 4.78 is 0. The number of unbranched alkanes of at least 4 members (excludes halogenated alkanes) is 1. The van der Waals surface area contributed by atoms with Crippen LogP contribution in [-0.4, -0.2) is 22.2 Å². The molecular formula is C14H19NO3S. The molecule has 0 aliphatic rings. The highest BCUT2D eigenvalue weighted by Gasteiger charge is 2.15. The number of carbonyl (C=O) groups excluding carboxylic acids is 1. The third-order valence-corrected chi connectivity index (χ3v) is 3.74. The Morgan fingerprint density at radius 2 is 2.05 bits per heavy atom. The number of thioether (sulfide) groups is 1. The normalized spacial score (nSPS) is 11.9. The topological polar surface area (TPSA) is 66.4 Å². The van der Waals surface area contributed by atoms with Crippen LogP contribution in [0.1, 0.15) is 33.1 Å². The minimum Gasteiger partial charge on any atom is -0.480 e. The van der Waals surface area contributed by atoms with E-state index in [-0.39, 0.29) is 5.91 Å². The van der Waals surface area contributed by atoms with Crippen LogP contribution in [0.25, 0.3) is 0 Å². The quantitative estimate of drug-likeness (QED) is 0.752. The van der Waals surface area contributed by atoms with Gasteiger partial charge in [0.15, 0.2) is 0 Å². The van der Waals surface area contributed by atoms with Crippen molar-refractivity contribution in [2.75, 3.05) is 5.32 Å². The number of amides is 1. The highest BCUT2D eigenvalue weighted by atomic mass is 32.2. The van der Waals surface area contributed by atoms with Gasteiger partial charge in [-0.25, -0.2) is 0 Å². The molecule has 1 aromatic rings. The van der Waals surface area contributed by atoms with Gasteiger partial charge in [-0.1, -0.05) is 25.5 Å². The van der Waals surface area contributed by atoms with Crippen LogP contribution < -0.4 is 5.32 Å². The zero-order valence-electron chi connectivity index (χ0n) is 11.2. The summed E-state index contributed by atoms with van der Waals surface area (Å²) in [7, 11) is 0. The Bertz CT molecular complexity index is 448. The maximum atomic E-state index is 11.7. The summed E-state index contributed by atoms with van der Waals surface area (Å²) in [6, 6.07) is 7.27. The predicted molar refractivity (Wildman–Crippen MR) is 77.6 cm³/mol. The van der Waals surface area contributed by atoms with Gasteiger partial charge in [-0.2, -0.15) is 0 Å². The number of rotatable bonds is 7. The lowest BCUT2D eigenvalue weighted by atomic mass is 10.2. The van der Waals surface area contributed by atoms with Gasteiger partial charge in [0, 0.05) is 11.3 Å². The van der Waals surface area contributed by atoms with Gasteiger partial charge >= 0.3 is 5.97 Å². The van der Waals surface area contributed by atoms with Crippen molar-refractivity contribution < 1.29 is 14.7 Å². The van der Waals surface area contributed by atoms with Gasteiger partial charge in [-0.3, -0.25) is 9.59 Å². The van der Waals surface area contributed by atoms with E-state index in [0.29, 0.717) is 12.1 Å². The number of carboxylic acids is 1. The van der Waals surface area contributed by atoms with Crippen LogP contribution in [0.4, 0.5) is 5.69 Å². The van der Waals surface area contributed by atoms with E-state index < -0.39 is 11.2 Å². The molecule has 2 N–H and O–H groups in total. The SMILES string of the molecule is CCCCC(=O)Nc1ccccc1S[C@H](C)C(=O)O. The number of benzene rings is 1. The van der Waals surface area contributed by atoms with Crippen LogP contribution in [0.15, 0.2) is 29.2 Å². The van der Waals surface area contributed by atoms with E-state index in [1.807, 2.05) is 25.1 Å². The van der Waals surface area contributed by atoms with Crippen molar-refractivity contribution in [1.82, 2.24) is 0 Å². The summed E-state index contributed by atoms with van der Waals surface area (Å²) in [6.45, 7) is 3.66. The van der Waals surface area contributed by atoms with E-state index in [9.17, 15) is 9.59 Å². The Kier molecular flexibility index (Phi) is 6.42. The number of hydrogen-bond acceptors (Lipinski definition) is 3. The minimum atomic E-state index is -0.864. The highest BCUT2D eigenvalue weighted by Crippen LogP contribution is 2.30. The Morgan fingerprint density at radius 1 is 1.37 bits per heavy atom. The summed E-state index contributed by atoms with van der Waals surface area (Å²) in [5, 5.41) is 11.2. The Balaban J connectivity index is 2.72. The first kappa shape index (κ1) is 15.6. The summed E-state index contributed by atoms with van der Waals surface area (Å²) in [5.74, 6) is -0.894. The molecule has 1 amide bonds. The summed E-state index contributed by atoms with van der Waals surface area (Å²) >= 11 is 1.23. The second kappa shape index (κ2) is 7.84. The van der Waals surface area contributed by atoms with Crippen LogP contribution in [0.2, 0.25) is 0 Å². The fourth-order valence-corrected chi connectivity index (χ4v) is 2.35. The number of anilines is 1. The molecule has 19 heavy (non-hydrogen) atoms. The average Bonchev–Trinajstić information content (AvgIpc) is 2.38. The van der Waals surface area contributed by atoms with Crippen molar-refractivity contribution in [3.05, 3.63) is 24.3 Å². The minimum absolute atomic E-state index is 0.0297. The smallest absolute Gasteiger partial charge is 0.316 e. The molecule has 5 heteroatoms. The number of carboxylic acid groups (broad SMARTS) is 1. The van der Waals surface area contributed by atoms with Gasteiger partial charge in [0.2, 0.25) is 5.91 Å². The standard InChI is InChI=1S/C14H19NO3S/c1-3-4-9-13(16)15-11-7-5-6-8-12(11)19-10(2)14(17)18/h5-8,10H,3-4,9H2,1-2H3,(H,15,16)(H,17,18)/t10-/m1/s1. The number of para-hydroxylation sites is 1. The molecule has 0 saturated carbocycles. The average molecular weight is 281 g/mol. The second-order valence-corrected chi connectivity index (χ2v) is 5.63. The van der Waals surface area contributed by atoms with Gasteiger partial charge < -0.3 is 10.4 Å². The highest BCUT2D eigenvalue weighted by molar-refractivity contribution is 8.00. The van der Waals surface area contributed by atoms with Crippen molar-refractivity contribution in [2.24, 2.45) is 0 Å². The molecule has 0 aliphatic carbocycles. The van der Waals surface area contributed by atoms with E-state index in [0.717, 1.165) is 17.7 Å². The van der Waals surface area contributed by atoms with Crippen molar-refractivity contribution in [3.63, 3.8) is 0 Å². The van der Waals surface area contributed by atoms with E-state index >= 15 is 0 Å². The lowest BCUT2D eigenvalue weighted by molar-refractivity contribution is -0.136. The van der Waals surface area contributed by atoms with Gasteiger partial charge in [0.25, 0.3) is 0 Å². The molecule has 0 fully saturated rings. The van der Waals surface area contributed by atoms with Crippen LogP contribution >= 0.6 is 11.8 Å². The number of nitrogens with one attached hydrogen (secondary N) is 1. The molecule has 1 atom stereocenters. The third-order valence-electron chi connectivity index (χ3n) is 2.57. The predicted octanol–water partition coefficient (Wildman–Crippen LogP) is 3.38. The molecule has 0 aliphatic heterocycles. The Morgan fingerprint density at radius 3 is 2.68 bits per heavy atom. The van der Waals surface area contributed by atoms with Crippen molar-refractivity contribution >= 4 is 29.3 Å².